The van der Waals surface area contributed by atoms with Gasteiger partial charge in [-0.2, -0.15) is 0 Å². The number of carbonyl (C=O) groups excluding carboxylic acids is 1. The van der Waals surface area contributed by atoms with E-state index in [9.17, 15) is 13.6 Å². The Morgan fingerprint density at radius 2 is 1.93 bits per heavy atom. The van der Waals surface area contributed by atoms with Crippen molar-refractivity contribution in [3.8, 4) is 0 Å². The number of halogens is 3. The summed E-state index contributed by atoms with van der Waals surface area (Å²) in [7, 11) is 3.39. The first kappa shape index (κ1) is 18.8. The van der Waals surface area contributed by atoms with Crippen LogP contribution in [0.15, 0.2) is 54.9 Å². The predicted molar refractivity (Wildman–Crippen MR) is 99.6 cm³/mol. The Labute approximate surface area is 160 Å². The molecule has 2 amide bonds. The lowest BCUT2D eigenvalue weighted by Crippen LogP contribution is -2.36. The van der Waals surface area contributed by atoms with Crippen LogP contribution in [0, 0.1) is 11.6 Å². The zero-order valence-electron chi connectivity index (χ0n) is 14.7. The molecule has 27 heavy (non-hydrogen) atoms. The highest BCUT2D eigenvalue weighted by molar-refractivity contribution is 6.30. The molecule has 0 saturated heterocycles. The summed E-state index contributed by atoms with van der Waals surface area (Å²) in [5.41, 5.74) is 0.675. The highest BCUT2D eigenvalue weighted by Crippen LogP contribution is 2.28. The summed E-state index contributed by atoms with van der Waals surface area (Å²) in [6.45, 7) is 0. The second-order valence-electron chi connectivity index (χ2n) is 6.02. The molecule has 0 unspecified atom stereocenters. The van der Waals surface area contributed by atoms with Crippen molar-refractivity contribution in [2.24, 2.45) is 7.05 Å². The standard InChI is InChI=1S/C19H17ClF2N4O/c1-25-10-9-23-18(25)17(12-3-5-13(20)6-4-12)26(2)19(27)24-16-8-7-14(21)11-15(16)22/h3-11,17H,1-2H3,(H,24,27)/t17-/m1/s1. The molecule has 0 aliphatic carbocycles. The van der Waals surface area contributed by atoms with Crippen molar-refractivity contribution in [1.29, 1.82) is 0 Å². The Hall–Kier alpha value is -2.93. The second kappa shape index (κ2) is 7.75. The molecule has 0 radical (unpaired) electrons. The van der Waals surface area contributed by atoms with Crippen molar-refractivity contribution in [3.05, 3.63) is 82.9 Å². The van der Waals surface area contributed by atoms with Gasteiger partial charge >= 0.3 is 6.03 Å². The molecular weight excluding hydrogens is 374 g/mol. The third kappa shape index (κ3) is 4.09. The number of urea groups is 1. The predicted octanol–water partition coefficient (Wildman–Crippen LogP) is 4.61. The van der Waals surface area contributed by atoms with Crippen LogP contribution in [-0.4, -0.2) is 27.5 Å². The molecule has 140 valence electrons. The highest BCUT2D eigenvalue weighted by atomic mass is 35.5. The fraction of sp³-hybridized carbons (Fsp3) is 0.158. The molecule has 1 atom stereocenters. The second-order valence-corrected chi connectivity index (χ2v) is 6.45. The van der Waals surface area contributed by atoms with Crippen molar-refractivity contribution in [3.63, 3.8) is 0 Å². The Balaban J connectivity index is 1.92. The number of carbonyl (C=O) groups is 1. The van der Waals surface area contributed by atoms with Crippen molar-refractivity contribution in [2.75, 3.05) is 12.4 Å². The molecule has 1 heterocycles. The molecule has 3 rings (SSSR count). The number of hydrogen-bond acceptors (Lipinski definition) is 2. The van der Waals surface area contributed by atoms with Crippen LogP contribution in [0.5, 0.6) is 0 Å². The maximum absolute atomic E-state index is 13.9. The van der Waals surface area contributed by atoms with Gasteiger partial charge in [-0.3, -0.25) is 0 Å². The largest absolute Gasteiger partial charge is 0.336 e. The van der Waals surface area contributed by atoms with Gasteiger partial charge in [0.25, 0.3) is 0 Å². The Morgan fingerprint density at radius 3 is 2.52 bits per heavy atom. The van der Waals surface area contributed by atoms with E-state index in [0.717, 1.165) is 11.6 Å². The molecule has 1 aromatic heterocycles. The highest BCUT2D eigenvalue weighted by Gasteiger charge is 2.27. The minimum absolute atomic E-state index is 0.108. The van der Waals surface area contributed by atoms with E-state index in [0.29, 0.717) is 16.9 Å². The third-order valence-corrected chi connectivity index (χ3v) is 4.42. The number of anilines is 1. The molecule has 0 spiro atoms. The first-order chi connectivity index (χ1) is 12.9. The summed E-state index contributed by atoms with van der Waals surface area (Å²) in [5, 5.41) is 3.03. The molecular formula is C19H17ClF2N4O. The quantitative estimate of drug-likeness (QED) is 0.707. The molecule has 2 aromatic carbocycles. The Bertz CT molecular complexity index is 959. The first-order valence-corrected chi connectivity index (χ1v) is 8.46. The van der Waals surface area contributed by atoms with E-state index in [-0.39, 0.29) is 5.69 Å². The topological polar surface area (TPSA) is 50.2 Å². The molecule has 0 bridgehead atoms. The molecule has 0 aliphatic heterocycles. The number of aromatic nitrogens is 2. The van der Waals surface area contributed by atoms with Crippen molar-refractivity contribution >= 4 is 23.3 Å². The zero-order chi connectivity index (χ0) is 19.6. The van der Waals surface area contributed by atoms with Crippen molar-refractivity contribution in [2.45, 2.75) is 6.04 Å². The maximum Gasteiger partial charge on any atom is 0.322 e. The fourth-order valence-corrected chi connectivity index (χ4v) is 2.87. The summed E-state index contributed by atoms with van der Waals surface area (Å²) < 4.78 is 28.7. The van der Waals surface area contributed by atoms with Crippen LogP contribution < -0.4 is 5.32 Å². The van der Waals surface area contributed by atoms with Gasteiger partial charge < -0.3 is 14.8 Å². The number of benzene rings is 2. The minimum atomic E-state index is -0.850. The fourth-order valence-electron chi connectivity index (χ4n) is 2.74. The van der Waals surface area contributed by atoms with Crippen molar-refractivity contribution in [1.82, 2.24) is 14.5 Å². The lowest BCUT2D eigenvalue weighted by Gasteiger charge is -2.28. The maximum atomic E-state index is 13.9. The van der Waals surface area contributed by atoms with Crippen LogP contribution in [0.25, 0.3) is 0 Å². The third-order valence-electron chi connectivity index (χ3n) is 4.17. The van der Waals surface area contributed by atoms with Crippen LogP contribution in [0.1, 0.15) is 17.4 Å². The van der Waals surface area contributed by atoms with Crippen LogP contribution in [0.4, 0.5) is 19.3 Å². The lowest BCUT2D eigenvalue weighted by molar-refractivity contribution is 0.209. The first-order valence-electron chi connectivity index (χ1n) is 8.08. The minimum Gasteiger partial charge on any atom is -0.336 e. The van der Waals surface area contributed by atoms with Gasteiger partial charge in [0.1, 0.15) is 23.5 Å². The van der Waals surface area contributed by atoms with Crippen LogP contribution in [0.3, 0.4) is 0 Å². The number of aryl methyl sites for hydroxylation is 1. The van der Waals surface area contributed by atoms with E-state index in [2.05, 4.69) is 10.3 Å². The van der Waals surface area contributed by atoms with Gasteiger partial charge in [0.2, 0.25) is 0 Å². The molecule has 3 aromatic rings. The Morgan fingerprint density at radius 1 is 1.22 bits per heavy atom. The van der Waals surface area contributed by atoms with Gasteiger partial charge in [0.05, 0.1) is 5.69 Å². The molecule has 8 heteroatoms. The van der Waals surface area contributed by atoms with E-state index in [1.54, 1.807) is 48.3 Å². The summed E-state index contributed by atoms with van der Waals surface area (Å²) in [5.74, 6) is -0.947. The van der Waals surface area contributed by atoms with Gasteiger partial charge in [-0.1, -0.05) is 23.7 Å². The molecule has 0 saturated carbocycles. The summed E-state index contributed by atoms with van der Waals surface area (Å²) in [6, 6.07) is 8.90. The monoisotopic (exact) mass is 390 g/mol. The average Bonchev–Trinajstić information content (AvgIpc) is 3.05. The number of nitrogens with zero attached hydrogens (tertiary/aromatic N) is 3. The van der Waals surface area contributed by atoms with Gasteiger partial charge in [-0.05, 0) is 29.8 Å². The summed E-state index contributed by atoms with van der Waals surface area (Å²) in [4.78, 5) is 18.5. The lowest BCUT2D eigenvalue weighted by atomic mass is 10.1. The smallest absolute Gasteiger partial charge is 0.322 e. The molecule has 1 N–H and O–H groups in total. The molecule has 5 nitrogen and oxygen atoms in total. The number of rotatable bonds is 4. The van der Waals surface area contributed by atoms with Crippen LogP contribution in [-0.2, 0) is 7.05 Å². The van der Waals surface area contributed by atoms with Crippen LogP contribution >= 0.6 is 11.6 Å². The van der Waals surface area contributed by atoms with E-state index in [4.69, 9.17) is 11.6 Å². The Kier molecular flexibility index (Phi) is 5.41. The van der Waals surface area contributed by atoms with Gasteiger partial charge in [0, 0.05) is 37.6 Å². The average molecular weight is 391 g/mol. The SMILES string of the molecule is CN(C(=O)Nc1ccc(F)cc1F)[C@H](c1ccc(Cl)cc1)c1nccn1C. The number of imidazole rings is 1. The van der Waals surface area contributed by atoms with Gasteiger partial charge in [-0.25, -0.2) is 18.6 Å². The number of nitrogens with one attached hydrogen (secondary N) is 1. The van der Waals surface area contributed by atoms with E-state index in [1.165, 1.54) is 11.0 Å². The normalized spacial score (nSPS) is 11.9. The van der Waals surface area contributed by atoms with Gasteiger partial charge in [0.15, 0.2) is 0 Å². The van der Waals surface area contributed by atoms with E-state index in [1.807, 2.05) is 7.05 Å². The number of amides is 2. The summed E-state index contributed by atoms with van der Waals surface area (Å²) >= 11 is 5.97. The van der Waals surface area contributed by atoms with Gasteiger partial charge in [-0.15, -0.1) is 0 Å². The van der Waals surface area contributed by atoms with E-state index >= 15 is 0 Å². The van der Waals surface area contributed by atoms with Crippen molar-refractivity contribution < 1.29 is 13.6 Å². The van der Waals surface area contributed by atoms with Crippen LogP contribution in [0.2, 0.25) is 5.02 Å². The van der Waals surface area contributed by atoms with E-state index < -0.39 is 23.7 Å². The number of hydrogen-bond donors (Lipinski definition) is 1. The zero-order valence-corrected chi connectivity index (χ0v) is 15.4. The molecule has 0 fully saturated rings. The summed E-state index contributed by atoms with van der Waals surface area (Å²) in [6.07, 6.45) is 3.40. The molecule has 0 aliphatic rings.